The molecule has 5 heteroatoms. The van der Waals surface area contributed by atoms with Crippen LogP contribution in [0.3, 0.4) is 0 Å². The van der Waals surface area contributed by atoms with Crippen LogP contribution in [0.25, 0.3) is 0 Å². The third-order valence-corrected chi connectivity index (χ3v) is 5.07. The highest BCUT2D eigenvalue weighted by atomic mass is 32.2. The van der Waals surface area contributed by atoms with E-state index in [2.05, 4.69) is 5.92 Å². The number of carbonyl (C=O) groups is 1. The molecule has 1 atom stereocenters. The minimum absolute atomic E-state index is 0.00559. The fourth-order valence-corrected chi connectivity index (χ4v) is 3.85. The van der Waals surface area contributed by atoms with Crippen LogP contribution in [-0.2, 0) is 14.6 Å². The van der Waals surface area contributed by atoms with E-state index in [1.54, 1.807) is 4.90 Å². The van der Waals surface area contributed by atoms with Gasteiger partial charge in [0.2, 0.25) is 5.91 Å². The number of sulfone groups is 1. The van der Waals surface area contributed by atoms with Crippen molar-refractivity contribution in [3.8, 4) is 12.3 Å². The van der Waals surface area contributed by atoms with Crippen molar-refractivity contribution >= 4 is 15.7 Å². The molecule has 0 aromatic heterocycles. The molecule has 1 unspecified atom stereocenters. The van der Waals surface area contributed by atoms with Crippen LogP contribution in [0.4, 0.5) is 0 Å². The van der Waals surface area contributed by atoms with E-state index in [-0.39, 0.29) is 29.4 Å². The summed E-state index contributed by atoms with van der Waals surface area (Å²) in [7, 11) is -2.86. The molecule has 88 valence electrons. The predicted molar refractivity (Wildman–Crippen MR) is 60.3 cm³/mol. The summed E-state index contributed by atoms with van der Waals surface area (Å²) < 4.78 is 22.6. The van der Waals surface area contributed by atoms with Crippen molar-refractivity contribution in [1.29, 1.82) is 0 Å². The first-order chi connectivity index (χ1) is 7.52. The number of carbonyl (C=O) groups excluding carboxylic acids is 1. The summed E-state index contributed by atoms with van der Waals surface area (Å²) >= 11 is 0. The lowest BCUT2D eigenvalue weighted by Crippen LogP contribution is -2.42. The van der Waals surface area contributed by atoms with Crippen molar-refractivity contribution in [2.24, 2.45) is 5.92 Å². The van der Waals surface area contributed by atoms with Crippen molar-refractivity contribution in [2.45, 2.75) is 25.3 Å². The molecule has 2 fully saturated rings. The second-order valence-corrected chi connectivity index (χ2v) is 6.80. The molecule has 0 radical (unpaired) electrons. The minimum Gasteiger partial charge on any atom is -0.338 e. The van der Waals surface area contributed by atoms with Crippen molar-refractivity contribution in [3.05, 3.63) is 0 Å². The zero-order chi connectivity index (χ0) is 11.8. The van der Waals surface area contributed by atoms with Gasteiger partial charge in [0.25, 0.3) is 0 Å². The summed E-state index contributed by atoms with van der Waals surface area (Å²) in [4.78, 5) is 13.5. The molecule has 2 rings (SSSR count). The zero-order valence-corrected chi connectivity index (χ0v) is 9.87. The van der Waals surface area contributed by atoms with Gasteiger partial charge in [-0.1, -0.05) is 0 Å². The number of nitrogens with zero attached hydrogens (tertiary/aromatic N) is 1. The second kappa shape index (κ2) is 4.10. The van der Waals surface area contributed by atoms with E-state index < -0.39 is 9.84 Å². The lowest BCUT2D eigenvalue weighted by atomic mass is 10.1. The Morgan fingerprint density at radius 2 is 1.94 bits per heavy atom. The zero-order valence-electron chi connectivity index (χ0n) is 9.05. The normalized spacial score (nSPS) is 30.3. The monoisotopic (exact) mass is 241 g/mol. The topological polar surface area (TPSA) is 54.5 Å². The molecule has 0 N–H and O–H groups in total. The minimum atomic E-state index is -2.86. The maximum Gasteiger partial charge on any atom is 0.224 e. The van der Waals surface area contributed by atoms with Crippen LogP contribution in [0.1, 0.15) is 19.3 Å². The van der Waals surface area contributed by atoms with Gasteiger partial charge in [-0.05, 0) is 12.8 Å². The van der Waals surface area contributed by atoms with Crippen LogP contribution in [0.15, 0.2) is 0 Å². The highest BCUT2D eigenvalue weighted by Crippen LogP contribution is 2.25. The molecule has 0 spiro atoms. The molecule has 0 aromatic carbocycles. The van der Waals surface area contributed by atoms with Crippen LogP contribution < -0.4 is 0 Å². The summed E-state index contributed by atoms with van der Waals surface area (Å²) in [6.07, 6.45) is 6.84. The Kier molecular flexibility index (Phi) is 2.94. The van der Waals surface area contributed by atoms with E-state index >= 15 is 0 Å². The third-order valence-electron chi connectivity index (χ3n) is 3.36. The van der Waals surface area contributed by atoms with E-state index in [1.165, 1.54) is 0 Å². The standard InChI is InChI=1S/C11H15NO3S/c1-2-9-7-11(13)12(8-9)10-3-5-16(14,15)6-4-10/h1,9-10H,3-8H2. The Morgan fingerprint density at radius 1 is 1.31 bits per heavy atom. The molecule has 16 heavy (non-hydrogen) atoms. The fourth-order valence-electron chi connectivity index (χ4n) is 2.39. The van der Waals surface area contributed by atoms with Gasteiger partial charge in [0.05, 0.1) is 11.5 Å². The van der Waals surface area contributed by atoms with E-state index in [1.807, 2.05) is 0 Å². The quantitative estimate of drug-likeness (QED) is 0.609. The Labute approximate surface area is 95.9 Å². The molecule has 0 aliphatic carbocycles. The molecule has 1 amide bonds. The van der Waals surface area contributed by atoms with Gasteiger partial charge < -0.3 is 4.90 Å². The summed E-state index contributed by atoms with van der Waals surface area (Å²) in [5.41, 5.74) is 0. The van der Waals surface area contributed by atoms with Crippen molar-refractivity contribution in [3.63, 3.8) is 0 Å². The Hall–Kier alpha value is -1.02. The highest BCUT2D eigenvalue weighted by molar-refractivity contribution is 7.91. The SMILES string of the molecule is C#CC1CC(=O)N(C2CCS(=O)(=O)CC2)C1. The van der Waals surface area contributed by atoms with Crippen molar-refractivity contribution in [2.75, 3.05) is 18.1 Å². The summed E-state index contributed by atoms with van der Waals surface area (Å²) in [6.45, 7) is 0.597. The number of likely N-dealkylation sites (tertiary alicyclic amines) is 1. The van der Waals surface area contributed by atoms with E-state index in [0.29, 0.717) is 25.8 Å². The molecule has 0 aromatic rings. The fraction of sp³-hybridized carbons (Fsp3) is 0.727. The lowest BCUT2D eigenvalue weighted by Gasteiger charge is -2.30. The van der Waals surface area contributed by atoms with Crippen LogP contribution in [0, 0.1) is 18.3 Å². The first-order valence-electron chi connectivity index (χ1n) is 5.48. The average Bonchev–Trinajstić information content (AvgIpc) is 2.60. The summed E-state index contributed by atoms with van der Waals surface area (Å²) in [5, 5.41) is 0. The Morgan fingerprint density at radius 3 is 2.44 bits per heavy atom. The molecule has 2 saturated heterocycles. The second-order valence-electron chi connectivity index (χ2n) is 4.50. The molecule has 2 aliphatic heterocycles. The van der Waals surface area contributed by atoms with E-state index in [0.717, 1.165) is 0 Å². The molecular weight excluding hydrogens is 226 g/mol. The smallest absolute Gasteiger partial charge is 0.224 e. The van der Waals surface area contributed by atoms with Crippen LogP contribution >= 0.6 is 0 Å². The number of hydrogen-bond donors (Lipinski definition) is 0. The van der Waals surface area contributed by atoms with Crippen molar-refractivity contribution in [1.82, 2.24) is 4.90 Å². The maximum absolute atomic E-state index is 11.7. The molecular formula is C11H15NO3S. The largest absolute Gasteiger partial charge is 0.338 e. The van der Waals surface area contributed by atoms with Gasteiger partial charge in [-0.15, -0.1) is 12.3 Å². The first kappa shape index (κ1) is 11.5. The van der Waals surface area contributed by atoms with Crippen LogP contribution in [0.2, 0.25) is 0 Å². The lowest BCUT2D eigenvalue weighted by molar-refractivity contribution is -0.129. The summed E-state index contributed by atoms with van der Waals surface area (Å²) in [6, 6.07) is 0.0781. The highest BCUT2D eigenvalue weighted by Gasteiger charge is 2.36. The molecule has 0 saturated carbocycles. The first-order valence-corrected chi connectivity index (χ1v) is 7.30. The number of hydrogen-bond acceptors (Lipinski definition) is 3. The van der Waals surface area contributed by atoms with Gasteiger partial charge in [-0.3, -0.25) is 4.79 Å². The van der Waals surface area contributed by atoms with Crippen molar-refractivity contribution < 1.29 is 13.2 Å². The van der Waals surface area contributed by atoms with Gasteiger partial charge in [0.1, 0.15) is 9.84 Å². The van der Waals surface area contributed by atoms with Gasteiger partial charge in [-0.2, -0.15) is 0 Å². The van der Waals surface area contributed by atoms with E-state index in [4.69, 9.17) is 6.42 Å². The number of amides is 1. The molecule has 4 nitrogen and oxygen atoms in total. The van der Waals surface area contributed by atoms with Crippen LogP contribution in [-0.4, -0.2) is 43.3 Å². The average molecular weight is 241 g/mol. The number of rotatable bonds is 1. The molecule has 2 heterocycles. The van der Waals surface area contributed by atoms with Gasteiger partial charge in [-0.25, -0.2) is 8.42 Å². The maximum atomic E-state index is 11.7. The molecule has 2 aliphatic rings. The Balaban J connectivity index is 2.00. The van der Waals surface area contributed by atoms with Gasteiger partial charge in [0, 0.05) is 24.9 Å². The summed E-state index contributed by atoms with van der Waals surface area (Å²) in [5.74, 6) is 3.07. The number of terminal acetylenes is 1. The van der Waals surface area contributed by atoms with E-state index in [9.17, 15) is 13.2 Å². The van der Waals surface area contributed by atoms with Crippen LogP contribution in [0.5, 0.6) is 0 Å². The third kappa shape index (κ3) is 2.22. The van der Waals surface area contributed by atoms with Gasteiger partial charge >= 0.3 is 0 Å². The predicted octanol–water partition coefficient (Wildman–Crippen LogP) is 0.0453. The Bertz CT molecular complexity index is 421. The molecule has 0 bridgehead atoms. The van der Waals surface area contributed by atoms with Gasteiger partial charge in [0.15, 0.2) is 0 Å².